The highest BCUT2D eigenvalue weighted by molar-refractivity contribution is 8.14. The Kier molecular flexibility index (Phi) is 7.30. The van der Waals surface area contributed by atoms with E-state index in [1.165, 1.54) is 13.8 Å². The van der Waals surface area contributed by atoms with E-state index >= 15 is 0 Å². The highest BCUT2D eigenvalue weighted by atomic mass is 32.2. The minimum absolute atomic E-state index is 0.0947. The van der Waals surface area contributed by atoms with Crippen molar-refractivity contribution in [2.45, 2.75) is 71.5 Å². The van der Waals surface area contributed by atoms with Gasteiger partial charge in [0.15, 0.2) is 18.1 Å². The van der Waals surface area contributed by atoms with Crippen LogP contribution in [0.2, 0.25) is 0 Å². The summed E-state index contributed by atoms with van der Waals surface area (Å²) in [5, 5.41) is 1.80. The van der Waals surface area contributed by atoms with Crippen molar-refractivity contribution in [3.05, 3.63) is 22.1 Å². The summed E-state index contributed by atoms with van der Waals surface area (Å²) in [6.45, 7) is 10.8. The molecule has 152 valence electrons. The van der Waals surface area contributed by atoms with Gasteiger partial charge in [0, 0.05) is 6.92 Å². The van der Waals surface area contributed by atoms with Crippen molar-refractivity contribution in [1.82, 2.24) is 5.32 Å². The third kappa shape index (κ3) is 7.49. The molecule has 1 aromatic rings. The van der Waals surface area contributed by atoms with Gasteiger partial charge in [-0.25, -0.2) is 14.4 Å². The van der Waals surface area contributed by atoms with Crippen molar-refractivity contribution < 1.29 is 32.7 Å². The van der Waals surface area contributed by atoms with Crippen LogP contribution in [-0.4, -0.2) is 33.6 Å². The van der Waals surface area contributed by atoms with Gasteiger partial charge in [0.2, 0.25) is 5.91 Å². The van der Waals surface area contributed by atoms with Gasteiger partial charge in [-0.2, -0.15) is 0 Å². The second kappa shape index (κ2) is 8.64. The number of thioether (sulfide) groups is 1. The first-order valence-electron chi connectivity index (χ1n) is 8.16. The Morgan fingerprint density at radius 2 is 1.74 bits per heavy atom. The molecule has 0 fully saturated rings. The maximum atomic E-state index is 12.5. The smallest absolute Gasteiger partial charge is 0.458 e. The second-order valence-electron chi connectivity index (χ2n) is 7.34. The standard InChI is InChI=1S/C17H25NO8S/c1-9-11(25-14(21)24-9)8-23-15(22)27-17(6,7)12(18-10(2)19)13(20)26-16(3,4)5/h12H,8H2,1-7H3,(H,18,19)/t12-/m0/s1. The number of esters is 1. The molecule has 0 saturated carbocycles. The van der Waals surface area contributed by atoms with Crippen molar-refractivity contribution in [2.24, 2.45) is 0 Å². The molecule has 0 saturated heterocycles. The average molecular weight is 403 g/mol. The summed E-state index contributed by atoms with van der Waals surface area (Å²) in [5.74, 6) is -1.69. The van der Waals surface area contributed by atoms with Crippen LogP contribution in [0.3, 0.4) is 0 Å². The van der Waals surface area contributed by atoms with Gasteiger partial charge in [-0.15, -0.1) is 0 Å². The Labute approximate surface area is 161 Å². The van der Waals surface area contributed by atoms with Crippen molar-refractivity contribution in [3.63, 3.8) is 0 Å². The molecule has 1 N–H and O–H groups in total. The lowest BCUT2D eigenvalue weighted by molar-refractivity contribution is -0.159. The van der Waals surface area contributed by atoms with Crippen molar-refractivity contribution in [1.29, 1.82) is 0 Å². The lowest BCUT2D eigenvalue weighted by Crippen LogP contribution is -2.54. The van der Waals surface area contributed by atoms with Gasteiger partial charge in [0.05, 0.1) is 4.75 Å². The van der Waals surface area contributed by atoms with Crippen LogP contribution in [0.4, 0.5) is 4.79 Å². The number of hydrogen-bond acceptors (Lipinski definition) is 9. The zero-order valence-electron chi connectivity index (χ0n) is 16.5. The van der Waals surface area contributed by atoms with Gasteiger partial charge in [-0.3, -0.25) is 4.79 Å². The number of amides is 1. The first kappa shape index (κ1) is 22.8. The molecule has 10 heteroatoms. The van der Waals surface area contributed by atoms with Crippen LogP contribution in [0.5, 0.6) is 0 Å². The summed E-state index contributed by atoms with van der Waals surface area (Å²) < 4.78 is 18.8. The van der Waals surface area contributed by atoms with E-state index in [9.17, 15) is 19.2 Å². The molecule has 1 rings (SSSR count). The largest absolute Gasteiger partial charge is 0.519 e. The fourth-order valence-corrected chi connectivity index (χ4v) is 2.83. The minimum Gasteiger partial charge on any atom is -0.458 e. The van der Waals surface area contributed by atoms with Gasteiger partial charge in [0.25, 0.3) is 0 Å². The predicted molar refractivity (Wildman–Crippen MR) is 97.3 cm³/mol. The molecular formula is C17H25NO8S. The summed E-state index contributed by atoms with van der Waals surface area (Å²) >= 11 is 0.711. The van der Waals surface area contributed by atoms with E-state index in [-0.39, 0.29) is 18.1 Å². The minimum atomic E-state index is -1.08. The number of hydrogen-bond donors (Lipinski definition) is 1. The van der Waals surface area contributed by atoms with E-state index in [0.717, 1.165) is 0 Å². The van der Waals surface area contributed by atoms with Crippen LogP contribution in [0, 0.1) is 6.92 Å². The fraction of sp³-hybridized carbons (Fsp3) is 0.647. The molecule has 1 aromatic heterocycles. The van der Waals surface area contributed by atoms with Crippen LogP contribution in [0.1, 0.15) is 53.1 Å². The Morgan fingerprint density at radius 3 is 2.19 bits per heavy atom. The van der Waals surface area contributed by atoms with Crippen molar-refractivity contribution in [3.8, 4) is 0 Å². The monoisotopic (exact) mass is 403 g/mol. The molecule has 0 aliphatic rings. The van der Waals surface area contributed by atoms with Crippen LogP contribution in [-0.2, 0) is 25.7 Å². The molecule has 0 aliphatic carbocycles. The van der Waals surface area contributed by atoms with E-state index < -0.39 is 39.4 Å². The van der Waals surface area contributed by atoms with E-state index in [2.05, 4.69) is 9.73 Å². The molecule has 1 atom stereocenters. The lowest BCUT2D eigenvalue weighted by atomic mass is 10.0. The molecule has 0 aromatic carbocycles. The van der Waals surface area contributed by atoms with E-state index in [4.69, 9.17) is 13.9 Å². The van der Waals surface area contributed by atoms with E-state index in [0.29, 0.717) is 11.8 Å². The van der Waals surface area contributed by atoms with Gasteiger partial charge < -0.3 is 23.6 Å². The predicted octanol–water partition coefficient (Wildman–Crippen LogP) is 2.54. The number of aryl methyl sites for hydroxylation is 1. The third-order valence-electron chi connectivity index (χ3n) is 3.19. The highest BCUT2D eigenvalue weighted by Crippen LogP contribution is 2.32. The fourth-order valence-electron chi connectivity index (χ4n) is 2.01. The molecule has 0 radical (unpaired) electrons. The summed E-state index contributed by atoms with van der Waals surface area (Å²) in [6.07, 6.45) is 0. The van der Waals surface area contributed by atoms with Crippen LogP contribution < -0.4 is 11.1 Å². The topological polar surface area (TPSA) is 125 Å². The normalized spacial score (nSPS) is 13.0. The Morgan fingerprint density at radius 1 is 1.15 bits per heavy atom. The summed E-state index contributed by atoms with van der Waals surface area (Å²) in [4.78, 5) is 47.2. The highest BCUT2D eigenvalue weighted by Gasteiger charge is 2.41. The number of carbonyl (C=O) groups is 3. The van der Waals surface area contributed by atoms with E-state index in [1.807, 2.05) is 0 Å². The summed E-state index contributed by atoms with van der Waals surface area (Å²) in [5.41, 5.74) is -0.759. The molecule has 0 aliphatic heterocycles. The molecular weight excluding hydrogens is 378 g/mol. The zero-order valence-corrected chi connectivity index (χ0v) is 17.3. The van der Waals surface area contributed by atoms with Crippen LogP contribution in [0.15, 0.2) is 13.6 Å². The molecule has 1 amide bonds. The molecule has 0 bridgehead atoms. The quantitative estimate of drug-likeness (QED) is 0.713. The second-order valence-corrected chi connectivity index (χ2v) is 8.93. The lowest BCUT2D eigenvalue weighted by Gasteiger charge is -2.33. The van der Waals surface area contributed by atoms with Crippen LogP contribution in [0.25, 0.3) is 0 Å². The first-order chi connectivity index (χ1) is 12.2. The summed E-state index contributed by atoms with van der Waals surface area (Å²) in [6, 6.07) is -1.08. The Hall–Kier alpha value is -2.23. The summed E-state index contributed by atoms with van der Waals surface area (Å²) in [7, 11) is 0. The Balaban J connectivity index is 2.83. The van der Waals surface area contributed by atoms with E-state index in [1.54, 1.807) is 34.6 Å². The number of nitrogens with one attached hydrogen (secondary N) is 1. The number of rotatable bonds is 6. The van der Waals surface area contributed by atoms with Gasteiger partial charge in [0.1, 0.15) is 11.6 Å². The number of carbonyl (C=O) groups excluding carboxylic acids is 3. The Bertz CT molecular complexity index is 756. The molecule has 9 nitrogen and oxygen atoms in total. The van der Waals surface area contributed by atoms with Gasteiger partial charge in [-0.05, 0) is 53.3 Å². The van der Waals surface area contributed by atoms with Crippen molar-refractivity contribution >= 4 is 28.9 Å². The van der Waals surface area contributed by atoms with Crippen molar-refractivity contribution in [2.75, 3.05) is 0 Å². The SMILES string of the molecule is CC(=O)N[C@@H](C(=O)OC(C)(C)C)C(C)(C)SC(=O)OCc1oc(=O)oc1C. The average Bonchev–Trinajstić information content (AvgIpc) is 2.77. The zero-order chi connectivity index (χ0) is 21.0. The van der Waals surface area contributed by atoms with Gasteiger partial charge in [-0.1, -0.05) is 0 Å². The maximum absolute atomic E-state index is 12.5. The maximum Gasteiger partial charge on any atom is 0.519 e. The molecule has 0 spiro atoms. The van der Waals surface area contributed by atoms with Crippen LogP contribution >= 0.6 is 11.8 Å². The molecule has 0 unspecified atom stereocenters. The molecule has 1 heterocycles. The van der Waals surface area contributed by atoms with Gasteiger partial charge >= 0.3 is 17.1 Å². The molecule has 27 heavy (non-hydrogen) atoms. The first-order valence-corrected chi connectivity index (χ1v) is 8.98. The third-order valence-corrected chi connectivity index (χ3v) is 4.23. The number of ether oxygens (including phenoxy) is 2.